The molecule has 0 radical (unpaired) electrons. The number of likely N-dealkylation sites (tertiary alicyclic amines) is 1. The minimum atomic E-state index is -2.20. The fourth-order valence-corrected chi connectivity index (χ4v) is 19.5. The number of hydrogen-bond acceptors (Lipinski definition) is 23. The van der Waals surface area contributed by atoms with E-state index in [1.807, 2.05) is 18.2 Å². The molecule has 5 aliphatic rings. The Kier molecular flexibility index (Phi) is 39.2. The number of primary amides is 1. The van der Waals surface area contributed by atoms with E-state index < -0.39 is 233 Å². The Morgan fingerprint density at radius 1 is 0.496 bits per heavy atom. The van der Waals surface area contributed by atoms with Gasteiger partial charge in [0, 0.05) is 63.4 Å². The maximum absolute atomic E-state index is 16.0. The second kappa shape index (κ2) is 50.7. The van der Waals surface area contributed by atoms with Crippen LogP contribution < -0.4 is 80.2 Å². The number of allylic oxidation sites excluding steroid dienone is 3. The van der Waals surface area contributed by atoms with Crippen LogP contribution in [-0.2, 0) is 117 Å². The molecule has 0 aliphatic carbocycles. The number of carbonyl (C=O) groups is 20. The van der Waals surface area contributed by atoms with Gasteiger partial charge in [0.1, 0.15) is 83.1 Å². The van der Waals surface area contributed by atoms with Gasteiger partial charge in [0.25, 0.3) is 0 Å². The number of nitrogens with one attached hydrogen (secondary N) is 14. The van der Waals surface area contributed by atoms with Crippen molar-refractivity contribution in [3.63, 3.8) is 0 Å². The second-order valence-electron chi connectivity index (χ2n) is 37.7. The Balaban J connectivity index is 1.03. The van der Waals surface area contributed by atoms with E-state index in [1.165, 1.54) is 72.6 Å². The number of aliphatic carboxylic acids is 2. The highest BCUT2D eigenvalue weighted by atomic mass is 32.1. The highest BCUT2D eigenvalue weighted by molar-refractivity contribution is 7.17. The van der Waals surface area contributed by atoms with Crippen molar-refractivity contribution in [2.45, 2.75) is 279 Å². The van der Waals surface area contributed by atoms with E-state index in [1.54, 1.807) is 104 Å². The van der Waals surface area contributed by atoms with Crippen LogP contribution in [0.3, 0.4) is 0 Å². The molecule has 2 aromatic heterocycles. The van der Waals surface area contributed by atoms with Crippen molar-refractivity contribution in [2.24, 2.45) is 11.1 Å². The first kappa shape index (κ1) is 109. The number of ether oxygens (including phenoxy) is 1. The molecular weight excluding hydrogens is 1860 g/mol. The molecule has 19 N–H and O–H groups in total. The summed E-state index contributed by atoms with van der Waals surface area (Å²) in [6.45, 7) is 7.78. The van der Waals surface area contributed by atoms with Gasteiger partial charge in [-0.15, -0.1) is 11.3 Å². The van der Waals surface area contributed by atoms with Crippen LogP contribution in [-0.4, -0.2) is 259 Å². The quantitative estimate of drug-likeness (QED) is 0.0670. The van der Waals surface area contributed by atoms with Gasteiger partial charge in [-0.1, -0.05) is 106 Å². The number of fused-ring (bicyclic) bond motifs is 4. The first-order chi connectivity index (χ1) is 67.0. The molecular formula is C98H127N17O24S2. The summed E-state index contributed by atoms with van der Waals surface area (Å²) in [5, 5.41) is 74.4. The summed E-state index contributed by atoms with van der Waals surface area (Å²) in [5.74, 6) is -20.1. The lowest BCUT2D eigenvalue weighted by molar-refractivity contribution is -0.146. The molecule has 3 bridgehead atoms. The molecule has 141 heavy (non-hydrogen) atoms. The van der Waals surface area contributed by atoms with Gasteiger partial charge >= 0.3 is 24.0 Å². The molecule has 41 nitrogen and oxygen atoms in total. The Morgan fingerprint density at radius 3 is 1.69 bits per heavy atom. The standard InChI is InChI=1S/C98H127N17O24S2/c1-57-80(123)101-58(2)81(124)105-68(47-60-26-14-13-15-27-60)83(126)104-67-31-18-22-41-100-76(117)34-33-66(79(99)122)103-85(128)71(50-64-55-141-75-32-17-16-30-65(64)75)107-84(127)70(49-62-35-45-140-54-62)109-92(136)97(113-88(67)131)40-43-114(56-97)94(138)139-44-23-12-8-7-9-19-36-96(91(135)110-72(51-77(118)119)86(129)106-69(82(125)102-57)48-61-28-24-29-63(46-61)90(133)134)37-20-10-11-21-38-98(39-25-42-115(98)59(3)116)93(137)111-73(52-78(120)121)87(130)108-74(89(132)112-96)53-95(4,5)6/h7-8,11,13-17,21,24,26-30,32,35,45-46,54-55,57-58,66-74H,9-10,12,18-20,22-23,25,31,33-34,36-44,47-53,56H2,1-6H3,(H2,99,122)(H,100,117)(H,101,123)(H,102,125)(H,103,128)(H,104,126)(H,105,124)(H,106,129)(H,107,127)(H,108,130)(H,109,136)(H,110,135)(H,111,137)(H,112,132)(H,113,131)(H,118,119)(H,120,121)(H,133,134)/b8-7-,21-11+/t57-,58-,66-,67-,68-,69-,70-,71-,72-,73-,74-,96+,97-,98-/m0/s1. The summed E-state index contributed by atoms with van der Waals surface area (Å²) in [6.07, 6.45) is 1.43. The van der Waals surface area contributed by atoms with Crippen molar-refractivity contribution < 1.29 is 116 Å². The summed E-state index contributed by atoms with van der Waals surface area (Å²) in [6, 6.07) is 3.99. The Hall–Kier alpha value is -14.0. The van der Waals surface area contributed by atoms with Gasteiger partial charge in [-0.2, -0.15) is 11.3 Å². The number of nitrogens with zero attached hydrogens (tertiary/aromatic N) is 2. The molecule has 3 fully saturated rings. The largest absolute Gasteiger partial charge is 0.481 e. The van der Waals surface area contributed by atoms with Crippen LogP contribution in [0.4, 0.5) is 4.79 Å². The van der Waals surface area contributed by atoms with Crippen LogP contribution in [0.5, 0.6) is 0 Å². The summed E-state index contributed by atoms with van der Waals surface area (Å²) in [7, 11) is 0. The monoisotopic (exact) mass is 1990 g/mol. The molecule has 14 atom stereocenters. The third-order valence-electron chi connectivity index (χ3n) is 25.5. The third-order valence-corrected chi connectivity index (χ3v) is 27.2. The number of benzene rings is 3. The maximum Gasteiger partial charge on any atom is 0.409 e. The fourth-order valence-electron chi connectivity index (χ4n) is 17.8. The van der Waals surface area contributed by atoms with Crippen LogP contribution in [0.25, 0.3) is 10.1 Å². The maximum atomic E-state index is 16.0. The Morgan fingerprint density at radius 2 is 1.04 bits per heavy atom. The third kappa shape index (κ3) is 31.2. The molecule has 5 aliphatic heterocycles. The van der Waals surface area contributed by atoms with E-state index in [0.717, 1.165) is 15.0 Å². The average Bonchev–Trinajstić information content (AvgIpc) is 1.66. The summed E-state index contributed by atoms with van der Waals surface area (Å²) >= 11 is 2.65. The highest BCUT2D eigenvalue weighted by Crippen LogP contribution is 2.36. The number of aromatic carboxylic acids is 1. The van der Waals surface area contributed by atoms with E-state index in [2.05, 4.69) is 74.4 Å². The second-order valence-corrected chi connectivity index (χ2v) is 39.3. The molecule has 17 amide bonds. The number of carbonyl (C=O) groups excluding carboxylic acids is 17. The molecule has 760 valence electrons. The normalized spacial score (nSPS) is 27.2. The molecule has 5 aromatic rings. The SMILES string of the molecule is CC(=O)N1CCC[C@]12C/C=C/CCC[C@@]1(CCC/C=C\CCCOC(=O)N3CC[C@@]4(C3)NC(=O)[C@H](CCCCNC(=O)CC[C@@H](C(N)=O)NC(=O)[C@H](Cc3csc5ccccc35)NC(=O)[C@H](Cc3ccsc3)NC4=O)NC(=O)[C@H](Cc3ccccc3)NC(=O)[C@H](C)NC(=O)[C@H](C)NC(=O)[C@H](Cc3cccc(C(=O)O)c3)NC(=O)[C@H](CC(=O)O)NC1=O)NC(=O)[C@H](CC(C)(C)C)NC(=O)[C@H](CC(=O)O)NC2=O. The van der Waals surface area contributed by atoms with Gasteiger partial charge < -0.3 is 110 Å². The van der Waals surface area contributed by atoms with Crippen LogP contribution in [0.15, 0.2) is 125 Å². The Labute approximate surface area is 822 Å². The molecule has 43 heteroatoms. The molecule has 3 saturated heterocycles. The van der Waals surface area contributed by atoms with Crippen LogP contribution in [0.1, 0.15) is 203 Å². The van der Waals surface area contributed by atoms with Crippen LogP contribution in [0, 0.1) is 5.41 Å². The van der Waals surface area contributed by atoms with Gasteiger partial charge in [0.2, 0.25) is 94.5 Å². The number of thiophene rings is 2. The lowest BCUT2D eigenvalue weighted by atomic mass is 9.83. The predicted molar refractivity (Wildman–Crippen MR) is 516 cm³/mol. The first-order valence-electron chi connectivity index (χ1n) is 47.4. The minimum Gasteiger partial charge on any atom is -0.481 e. The van der Waals surface area contributed by atoms with E-state index in [9.17, 15) is 77.6 Å². The van der Waals surface area contributed by atoms with Gasteiger partial charge in [-0.25, -0.2) is 9.59 Å². The lowest BCUT2D eigenvalue weighted by Crippen LogP contribution is -2.66. The van der Waals surface area contributed by atoms with E-state index in [-0.39, 0.29) is 166 Å². The van der Waals surface area contributed by atoms with Crippen molar-refractivity contribution >= 4 is 151 Å². The number of amides is 17. The van der Waals surface area contributed by atoms with Crippen molar-refractivity contribution in [1.29, 1.82) is 0 Å². The number of carboxylic acids is 3. The molecule has 0 saturated carbocycles. The van der Waals surface area contributed by atoms with E-state index >= 15 is 33.6 Å². The van der Waals surface area contributed by atoms with Crippen molar-refractivity contribution in [1.82, 2.24) is 84.2 Å². The zero-order valence-electron chi connectivity index (χ0n) is 79.7. The minimum absolute atomic E-state index is 0.00944. The van der Waals surface area contributed by atoms with E-state index in [4.69, 9.17) is 10.5 Å². The Bertz CT molecular complexity index is 5490. The molecule has 7 heterocycles. The molecule has 10 rings (SSSR count). The zero-order valence-corrected chi connectivity index (χ0v) is 81.3. The van der Waals surface area contributed by atoms with Crippen LogP contribution >= 0.6 is 22.7 Å². The summed E-state index contributed by atoms with van der Waals surface area (Å²) in [4.78, 5) is 293. The number of nitrogens with two attached hydrogens (primary N) is 1. The zero-order chi connectivity index (χ0) is 102. The van der Waals surface area contributed by atoms with Gasteiger partial charge in [-0.05, 0) is 196 Å². The van der Waals surface area contributed by atoms with Crippen LogP contribution in [0.2, 0.25) is 0 Å². The number of hydrogen-bond donors (Lipinski definition) is 18. The first-order valence-corrected chi connectivity index (χ1v) is 49.2. The van der Waals surface area contributed by atoms with Crippen molar-refractivity contribution in [3.8, 4) is 0 Å². The van der Waals surface area contributed by atoms with Crippen molar-refractivity contribution in [2.75, 3.05) is 32.8 Å². The number of rotatable bonds is 15. The fraction of sp³-hybridized carbons (Fsp3) is 0.510. The molecule has 0 unspecified atom stereocenters. The summed E-state index contributed by atoms with van der Waals surface area (Å²) in [5.41, 5.74) is 0.498. The summed E-state index contributed by atoms with van der Waals surface area (Å²) < 4.78 is 6.72. The lowest BCUT2D eigenvalue weighted by Gasteiger charge is -2.38. The highest BCUT2D eigenvalue weighted by Gasteiger charge is 2.53. The molecule has 3 aromatic carbocycles. The molecule has 3 spiro atoms. The topological polar surface area (TPSA) is 612 Å². The smallest absolute Gasteiger partial charge is 0.409 e. The van der Waals surface area contributed by atoms with Gasteiger partial charge in [0.05, 0.1) is 31.6 Å². The van der Waals surface area contributed by atoms with Crippen molar-refractivity contribution in [3.05, 3.63) is 153 Å². The van der Waals surface area contributed by atoms with E-state index in [0.29, 0.717) is 23.1 Å². The van der Waals surface area contributed by atoms with Gasteiger partial charge in [-0.3, -0.25) is 86.3 Å². The number of carboxylic acid groups (broad SMARTS) is 3. The van der Waals surface area contributed by atoms with Gasteiger partial charge in [0.15, 0.2) is 0 Å². The number of cyclic esters (lactones) is 1. The predicted octanol–water partition coefficient (Wildman–Crippen LogP) is 2.84. The average molecular weight is 1990 g/mol.